The molecule has 0 unspecified atom stereocenters. The fourth-order valence-corrected chi connectivity index (χ4v) is 3.47. The molecule has 33 heavy (non-hydrogen) atoms. The maximum Gasteiger partial charge on any atom is 0.0858 e. The van der Waals surface area contributed by atoms with Crippen molar-refractivity contribution in [2.45, 2.75) is 33.2 Å². The molecule has 2 aromatic heterocycles. The highest BCUT2D eigenvalue weighted by molar-refractivity contribution is 6.30. The number of halogens is 1. The Kier molecular flexibility index (Phi) is 9.22. The van der Waals surface area contributed by atoms with Crippen molar-refractivity contribution < 1.29 is 0 Å². The predicted octanol–water partition coefficient (Wildman–Crippen LogP) is 7.04. The van der Waals surface area contributed by atoms with Gasteiger partial charge in [-0.05, 0) is 66.4 Å². The lowest BCUT2D eigenvalue weighted by Crippen LogP contribution is -2.13. The van der Waals surface area contributed by atoms with Crippen LogP contribution >= 0.6 is 11.6 Å². The van der Waals surface area contributed by atoms with Crippen LogP contribution in [0.1, 0.15) is 40.7 Å². The molecular formula is C29H30ClN3. The van der Waals surface area contributed by atoms with E-state index in [-0.39, 0.29) is 0 Å². The van der Waals surface area contributed by atoms with Crippen molar-refractivity contribution in [1.29, 1.82) is 0 Å². The van der Waals surface area contributed by atoms with Crippen LogP contribution in [-0.4, -0.2) is 9.97 Å². The monoisotopic (exact) mass is 455 g/mol. The van der Waals surface area contributed by atoms with E-state index in [0.29, 0.717) is 6.54 Å². The Balaban J connectivity index is 0.000000323. The summed E-state index contributed by atoms with van der Waals surface area (Å²) in [6.07, 6.45) is 3.67. The number of nitrogens with one attached hydrogen (secondary N) is 1. The number of rotatable bonds is 7. The fourth-order valence-electron chi connectivity index (χ4n) is 3.28. The van der Waals surface area contributed by atoms with Crippen molar-refractivity contribution in [3.8, 4) is 0 Å². The summed E-state index contributed by atoms with van der Waals surface area (Å²) in [5, 5.41) is 4.03. The molecule has 0 saturated carbocycles. The van der Waals surface area contributed by atoms with E-state index in [0.717, 1.165) is 40.6 Å². The molecule has 4 aromatic rings. The highest BCUT2D eigenvalue weighted by Gasteiger charge is 2.06. The van der Waals surface area contributed by atoms with Gasteiger partial charge in [-0.25, -0.2) is 0 Å². The Morgan fingerprint density at radius 3 is 2.36 bits per heavy atom. The van der Waals surface area contributed by atoms with Crippen LogP contribution in [0.4, 0.5) is 0 Å². The number of aryl methyl sites for hydroxylation is 2. The molecule has 0 aliphatic carbocycles. The van der Waals surface area contributed by atoms with Crippen molar-refractivity contribution in [3.63, 3.8) is 0 Å². The van der Waals surface area contributed by atoms with E-state index >= 15 is 0 Å². The molecule has 0 atom stereocenters. The summed E-state index contributed by atoms with van der Waals surface area (Å²) in [4.78, 5) is 9.02. The van der Waals surface area contributed by atoms with Gasteiger partial charge in [-0.2, -0.15) is 0 Å². The minimum Gasteiger partial charge on any atom is -0.378 e. The summed E-state index contributed by atoms with van der Waals surface area (Å²) in [6, 6.07) is 28.2. The largest absolute Gasteiger partial charge is 0.378 e. The minimum atomic E-state index is 0.624. The van der Waals surface area contributed by atoms with Gasteiger partial charge in [0.1, 0.15) is 0 Å². The molecule has 0 spiro atoms. The minimum absolute atomic E-state index is 0.624. The normalized spacial score (nSPS) is 10.2. The Bertz CT molecular complexity index is 1160. The number of benzene rings is 2. The highest BCUT2D eigenvalue weighted by atomic mass is 35.5. The molecule has 0 aliphatic rings. The second-order valence-corrected chi connectivity index (χ2v) is 8.19. The van der Waals surface area contributed by atoms with Crippen molar-refractivity contribution in [2.75, 3.05) is 0 Å². The van der Waals surface area contributed by atoms with E-state index in [1.54, 1.807) is 6.20 Å². The maximum absolute atomic E-state index is 6.11. The zero-order chi connectivity index (χ0) is 23.5. The summed E-state index contributed by atoms with van der Waals surface area (Å²) >= 11 is 6.11. The topological polar surface area (TPSA) is 37.8 Å². The zero-order valence-electron chi connectivity index (χ0n) is 19.3. The Labute approximate surface area is 202 Å². The van der Waals surface area contributed by atoms with E-state index in [1.807, 2.05) is 60.7 Å². The Hall–Kier alpha value is -3.43. The van der Waals surface area contributed by atoms with E-state index in [2.05, 4.69) is 55.0 Å². The third-order valence-corrected chi connectivity index (χ3v) is 5.49. The van der Waals surface area contributed by atoms with Gasteiger partial charge in [-0.1, -0.05) is 73.6 Å². The van der Waals surface area contributed by atoms with Crippen molar-refractivity contribution >= 4 is 17.3 Å². The molecule has 0 saturated heterocycles. The van der Waals surface area contributed by atoms with Crippen LogP contribution in [0.25, 0.3) is 5.70 Å². The van der Waals surface area contributed by atoms with Gasteiger partial charge in [-0.3, -0.25) is 9.97 Å². The summed E-state index contributed by atoms with van der Waals surface area (Å²) in [7, 11) is 0. The fraction of sp³-hybridized carbons (Fsp3) is 0.172. The average Bonchev–Trinajstić information content (AvgIpc) is 2.86. The van der Waals surface area contributed by atoms with Gasteiger partial charge in [-0.15, -0.1) is 0 Å². The summed E-state index contributed by atoms with van der Waals surface area (Å²) in [6.45, 7) is 8.97. The summed E-state index contributed by atoms with van der Waals surface area (Å²) < 4.78 is 0. The lowest BCUT2D eigenvalue weighted by Gasteiger charge is -2.11. The zero-order valence-corrected chi connectivity index (χ0v) is 20.0. The van der Waals surface area contributed by atoms with Gasteiger partial charge in [0.2, 0.25) is 0 Å². The van der Waals surface area contributed by atoms with Crippen LogP contribution in [0.5, 0.6) is 0 Å². The summed E-state index contributed by atoms with van der Waals surface area (Å²) in [5.74, 6) is 0. The molecule has 2 heterocycles. The second kappa shape index (κ2) is 12.6. The SMILES string of the molecule is C=C(NCc1ccccn1)c1cccc(Cc2cc(Cl)ccc2C)n1.CCc1ccccc1. The van der Waals surface area contributed by atoms with Gasteiger partial charge in [0.25, 0.3) is 0 Å². The lowest BCUT2D eigenvalue weighted by atomic mass is 10.0. The molecule has 4 rings (SSSR count). The first-order valence-electron chi connectivity index (χ1n) is 11.1. The first kappa shape index (κ1) is 24.2. The number of hydrogen-bond donors (Lipinski definition) is 1. The molecule has 2 aromatic carbocycles. The van der Waals surface area contributed by atoms with Gasteiger partial charge < -0.3 is 5.32 Å². The number of nitrogens with zero attached hydrogens (tertiary/aromatic N) is 2. The van der Waals surface area contributed by atoms with Gasteiger partial charge in [0.05, 0.1) is 23.6 Å². The molecule has 0 bridgehead atoms. The lowest BCUT2D eigenvalue weighted by molar-refractivity contribution is 0.847. The molecule has 0 radical (unpaired) electrons. The van der Waals surface area contributed by atoms with Crippen molar-refractivity contribution in [2.24, 2.45) is 0 Å². The van der Waals surface area contributed by atoms with Crippen LogP contribution < -0.4 is 5.32 Å². The van der Waals surface area contributed by atoms with Crippen LogP contribution in [0.15, 0.2) is 97.7 Å². The number of hydrogen-bond acceptors (Lipinski definition) is 3. The van der Waals surface area contributed by atoms with Gasteiger partial charge in [0.15, 0.2) is 0 Å². The molecule has 0 aliphatic heterocycles. The second-order valence-electron chi connectivity index (χ2n) is 7.75. The summed E-state index contributed by atoms with van der Waals surface area (Å²) in [5.41, 5.74) is 7.39. The molecular weight excluding hydrogens is 426 g/mol. The average molecular weight is 456 g/mol. The van der Waals surface area contributed by atoms with E-state index in [4.69, 9.17) is 16.6 Å². The van der Waals surface area contributed by atoms with Crippen LogP contribution in [0, 0.1) is 6.92 Å². The molecule has 4 heteroatoms. The number of aromatic nitrogens is 2. The van der Waals surface area contributed by atoms with Crippen LogP contribution in [0.3, 0.4) is 0 Å². The number of pyridine rings is 2. The first-order chi connectivity index (χ1) is 16.0. The maximum atomic E-state index is 6.11. The quantitative estimate of drug-likeness (QED) is 0.324. The van der Waals surface area contributed by atoms with Gasteiger partial charge >= 0.3 is 0 Å². The molecule has 168 valence electrons. The van der Waals surface area contributed by atoms with Crippen LogP contribution in [-0.2, 0) is 19.4 Å². The Morgan fingerprint density at radius 2 is 1.67 bits per heavy atom. The van der Waals surface area contributed by atoms with E-state index < -0.39 is 0 Å². The van der Waals surface area contributed by atoms with E-state index in [9.17, 15) is 0 Å². The predicted molar refractivity (Wildman–Crippen MR) is 139 cm³/mol. The smallest absolute Gasteiger partial charge is 0.0858 e. The van der Waals surface area contributed by atoms with Gasteiger partial charge in [0, 0.05) is 23.3 Å². The molecule has 3 nitrogen and oxygen atoms in total. The third-order valence-electron chi connectivity index (χ3n) is 5.26. The van der Waals surface area contributed by atoms with Crippen molar-refractivity contribution in [1.82, 2.24) is 15.3 Å². The molecule has 1 N–H and O–H groups in total. The third kappa shape index (κ3) is 7.89. The van der Waals surface area contributed by atoms with Crippen molar-refractivity contribution in [3.05, 3.63) is 136 Å². The molecule has 0 fully saturated rings. The molecule has 0 amide bonds. The highest BCUT2D eigenvalue weighted by Crippen LogP contribution is 2.19. The Morgan fingerprint density at radius 1 is 0.909 bits per heavy atom. The first-order valence-corrected chi connectivity index (χ1v) is 11.5. The standard InChI is InChI=1S/C21H20ClN3.C8H10/c1-15-9-10-18(22)12-17(15)13-19-7-5-8-21(25-19)16(2)24-14-20-6-3-4-11-23-20;1-2-8-6-4-3-5-7-8/h3-12,24H,2,13-14H2,1H3;3-7H,2H2,1H3. The van der Waals surface area contributed by atoms with E-state index in [1.165, 1.54) is 16.7 Å². The van der Waals surface area contributed by atoms with Crippen LogP contribution in [0.2, 0.25) is 5.02 Å².